The van der Waals surface area contributed by atoms with Crippen LogP contribution in [0.1, 0.15) is 16.2 Å². The molecule has 2 aliphatic heterocycles. The van der Waals surface area contributed by atoms with E-state index < -0.39 is 17.3 Å². The first-order valence-electron chi connectivity index (χ1n) is 7.91. The van der Waals surface area contributed by atoms with Crippen molar-refractivity contribution < 1.29 is 18.4 Å². The number of ether oxygens (including phenoxy) is 1. The first-order valence-corrected chi connectivity index (χ1v) is 8.29. The number of fused-ring (bicyclic) bond motifs is 1. The molecule has 2 aliphatic rings. The monoisotopic (exact) mass is 403 g/mol. The van der Waals surface area contributed by atoms with E-state index in [0.29, 0.717) is 0 Å². The average molecular weight is 404 g/mol. The highest BCUT2D eigenvalue weighted by molar-refractivity contribution is 6.33. The van der Waals surface area contributed by atoms with Gasteiger partial charge in [-0.3, -0.25) is 4.79 Å². The number of pyridine rings is 1. The van der Waals surface area contributed by atoms with E-state index in [4.69, 9.17) is 20.9 Å². The minimum atomic E-state index is -0.657. The fraction of sp³-hybridized carbons (Fsp3) is 0.118. The smallest absolute Gasteiger partial charge is 0.341 e. The van der Waals surface area contributed by atoms with E-state index in [2.05, 4.69) is 20.3 Å². The van der Waals surface area contributed by atoms with Gasteiger partial charge in [0.2, 0.25) is 11.7 Å². The molecule has 4 rings (SSSR count). The summed E-state index contributed by atoms with van der Waals surface area (Å²) in [5.74, 6) is -1.14. The molecular weight excluding hydrogens is 393 g/mol. The Morgan fingerprint density at radius 1 is 1.39 bits per heavy atom. The third kappa shape index (κ3) is 3.03. The topological polar surface area (TPSA) is 116 Å². The van der Waals surface area contributed by atoms with Crippen molar-refractivity contribution in [1.29, 1.82) is 0 Å². The van der Waals surface area contributed by atoms with Gasteiger partial charge in [-0.15, -0.1) is 0 Å². The van der Waals surface area contributed by atoms with E-state index in [9.17, 15) is 14.0 Å². The van der Waals surface area contributed by atoms with Gasteiger partial charge in [0.05, 0.1) is 23.3 Å². The Kier molecular flexibility index (Phi) is 4.40. The van der Waals surface area contributed by atoms with Crippen molar-refractivity contribution in [3.8, 4) is 22.6 Å². The molecule has 0 radical (unpaired) electrons. The van der Waals surface area contributed by atoms with Crippen molar-refractivity contribution in [1.82, 2.24) is 24.9 Å². The Hall–Kier alpha value is -3.53. The van der Waals surface area contributed by atoms with Gasteiger partial charge in [0.15, 0.2) is 0 Å². The molecule has 3 heterocycles. The number of carbonyl (C=O) groups is 1. The minimum absolute atomic E-state index is 0.0132. The summed E-state index contributed by atoms with van der Waals surface area (Å²) in [5, 5.41) is 10.0. The number of esters is 1. The van der Waals surface area contributed by atoms with Crippen LogP contribution in [0.2, 0.25) is 5.02 Å². The van der Waals surface area contributed by atoms with E-state index >= 15 is 0 Å². The minimum Gasteiger partial charge on any atom is -0.465 e. The first kappa shape index (κ1) is 17.9. The van der Waals surface area contributed by atoms with Crippen LogP contribution in [-0.2, 0) is 11.3 Å². The summed E-state index contributed by atoms with van der Waals surface area (Å²) in [6, 6.07) is 4.21. The molecule has 1 aromatic carbocycles. The second-order valence-corrected chi connectivity index (χ2v) is 6.17. The third-order valence-electron chi connectivity index (χ3n) is 3.99. The van der Waals surface area contributed by atoms with Crippen molar-refractivity contribution in [3.63, 3.8) is 0 Å². The number of H-pyrrole nitrogens is 1. The van der Waals surface area contributed by atoms with Crippen LogP contribution in [0.3, 0.4) is 0 Å². The molecule has 1 aromatic heterocycles. The second-order valence-electron chi connectivity index (χ2n) is 5.76. The molecule has 0 aliphatic carbocycles. The van der Waals surface area contributed by atoms with Crippen molar-refractivity contribution >= 4 is 17.6 Å². The molecule has 0 fully saturated rings. The zero-order chi connectivity index (χ0) is 19.8. The van der Waals surface area contributed by atoms with Gasteiger partial charge in [-0.2, -0.15) is 10.1 Å². The Balaban J connectivity index is 1.73. The lowest BCUT2D eigenvalue weighted by Gasteiger charge is -2.09. The number of hydrogen-bond acceptors (Lipinski definition) is 7. The van der Waals surface area contributed by atoms with E-state index in [1.807, 2.05) is 0 Å². The van der Waals surface area contributed by atoms with Crippen LogP contribution < -0.4 is 5.56 Å². The van der Waals surface area contributed by atoms with Gasteiger partial charge in [-0.1, -0.05) is 22.8 Å². The number of nitrogens with one attached hydrogen (secondary N) is 1. The highest BCUT2D eigenvalue weighted by atomic mass is 35.5. The maximum absolute atomic E-state index is 14.0. The molecule has 9 nitrogen and oxygen atoms in total. The number of methoxy groups -OCH3 is 1. The summed E-state index contributed by atoms with van der Waals surface area (Å²) < 4.78 is 25.4. The number of aromatic nitrogens is 5. The molecular formula is C17H11ClFN5O4. The molecule has 0 unspecified atom stereocenters. The number of nitrogens with zero attached hydrogens (tertiary/aromatic N) is 4. The number of hydrogen-bond donors (Lipinski definition) is 1. The largest absolute Gasteiger partial charge is 0.465 e. The van der Waals surface area contributed by atoms with Crippen molar-refractivity contribution in [2.45, 2.75) is 6.54 Å². The van der Waals surface area contributed by atoms with E-state index in [0.717, 1.165) is 0 Å². The zero-order valence-electron chi connectivity index (χ0n) is 14.3. The van der Waals surface area contributed by atoms with Crippen molar-refractivity contribution in [2.24, 2.45) is 0 Å². The van der Waals surface area contributed by atoms with Gasteiger partial charge in [0.1, 0.15) is 23.6 Å². The summed E-state index contributed by atoms with van der Waals surface area (Å²) in [6.45, 7) is 0.0175. The third-order valence-corrected chi connectivity index (χ3v) is 4.31. The SMILES string of the molecule is COC(=O)c1cn(Cc2nc(-c3c(F)cccc3Cl)no2)cc2c(=O)[nH]nc1-2. The summed E-state index contributed by atoms with van der Waals surface area (Å²) in [4.78, 5) is 28.1. The molecule has 0 amide bonds. The highest BCUT2D eigenvalue weighted by Crippen LogP contribution is 2.28. The molecule has 0 atom stereocenters. The lowest BCUT2D eigenvalue weighted by atomic mass is 10.1. The Labute approximate surface area is 161 Å². The predicted octanol–water partition coefficient (Wildman–Crippen LogP) is 2.35. The van der Waals surface area contributed by atoms with Gasteiger partial charge in [0.25, 0.3) is 5.56 Å². The van der Waals surface area contributed by atoms with Crippen molar-refractivity contribution in [3.05, 3.63) is 63.2 Å². The summed E-state index contributed by atoms with van der Waals surface area (Å²) in [7, 11) is 1.22. The van der Waals surface area contributed by atoms with Crippen molar-refractivity contribution in [2.75, 3.05) is 7.11 Å². The Morgan fingerprint density at radius 3 is 2.96 bits per heavy atom. The van der Waals surface area contributed by atoms with E-state index in [-0.39, 0.29) is 45.7 Å². The fourth-order valence-electron chi connectivity index (χ4n) is 2.73. The molecule has 0 spiro atoms. The Morgan fingerprint density at radius 2 is 2.21 bits per heavy atom. The van der Waals surface area contributed by atoms with Gasteiger partial charge >= 0.3 is 5.97 Å². The normalized spacial score (nSPS) is 11.1. The van der Waals surface area contributed by atoms with Gasteiger partial charge in [0, 0.05) is 12.4 Å². The van der Waals surface area contributed by atoms with Gasteiger partial charge in [-0.05, 0) is 12.1 Å². The molecule has 28 heavy (non-hydrogen) atoms. The van der Waals surface area contributed by atoms with Crippen LogP contribution in [0.5, 0.6) is 0 Å². The molecule has 142 valence electrons. The lowest BCUT2D eigenvalue weighted by Crippen LogP contribution is -2.12. The van der Waals surface area contributed by atoms with Gasteiger partial charge < -0.3 is 13.8 Å². The number of benzene rings is 1. The van der Waals surface area contributed by atoms with Crippen LogP contribution in [0.15, 0.2) is 39.9 Å². The first-order chi connectivity index (χ1) is 13.5. The van der Waals surface area contributed by atoms with Gasteiger partial charge in [-0.25, -0.2) is 14.3 Å². The number of aromatic amines is 1. The molecule has 0 saturated heterocycles. The summed E-state index contributed by atoms with van der Waals surface area (Å²) in [6.07, 6.45) is 2.92. The average Bonchev–Trinajstić information content (AvgIpc) is 3.28. The molecule has 1 N–H and O–H groups in total. The predicted molar refractivity (Wildman–Crippen MR) is 94.6 cm³/mol. The maximum atomic E-state index is 14.0. The van der Waals surface area contributed by atoms with Crippen LogP contribution in [0, 0.1) is 5.82 Å². The second kappa shape index (κ2) is 6.89. The van der Waals surface area contributed by atoms with Crippen LogP contribution in [-0.4, -0.2) is 38.0 Å². The number of halogens is 2. The van der Waals surface area contributed by atoms with Crippen LogP contribution in [0.25, 0.3) is 22.6 Å². The maximum Gasteiger partial charge on any atom is 0.341 e. The summed E-state index contributed by atoms with van der Waals surface area (Å²) in [5.41, 5.74) is 0.0397. The summed E-state index contributed by atoms with van der Waals surface area (Å²) >= 11 is 6.01. The highest BCUT2D eigenvalue weighted by Gasteiger charge is 2.23. The lowest BCUT2D eigenvalue weighted by molar-refractivity contribution is 0.0600. The number of rotatable bonds is 4. The quantitative estimate of drug-likeness (QED) is 0.520. The molecule has 0 bridgehead atoms. The standard InChI is InChI=1S/C17H11ClFN5O4/c1-27-17(26)9-6-24(5-8-14(9)21-22-16(8)25)7-12-20-15(23-28-12)13-10(18)3-2-4-11(13)19/h2-6H,7H2,1H3,(H,22,25). The van der Waals surface area contributed by atoms with Crippen LogP contribution in [0.4, 0.5) is 4.39 Å². The number of carbonyl (C=O) groups excluding carboxylic acids is 1. The Bertz CT molecular complexity index is 1190. The molecule has 2 aromatic rings. The molecule has 11 heteroatoms. The molecule has 0 saturated carbocycles. The zero-order valence-corrected chi connectivity index (χ0v) is 15.0. The fourth-order valence-corrected chi connectivity index (χ4v) is 2.98. The van der Waals surface area contributed by atoms with E-state index in [1.165, 1.54) is 42.3 Å². The van der Waals surface area contributed by atoms with Crippen LogP contribution >= 0.6 is 11.6 Å². The van der Waals surface area contributed by atoms with E-state index in [1.54, 1.807) is 0 Å².